The lowest BCUT2D eigenvalue weighted by atomic mass is 9.85. The normalized spacial score (nSPS) is 17.7. The lowest BCUT2D eigenvalue weighted by Gasteiger charge is -2.37. The monoisotopic (exact) mass is 565 g/mol. The van der Waals surface area contributed by atoms with Crippen LogP contribution in [0.25, 0.3) is 0 Å². The number of rotatable bonds is 15. The van der Waals surface area contributed by atoms with Crippen molar-refractivity contribution < 1.29 is 10.2 Å². The van der Waals surface area contributed by atoms with Gasteiger partial charge in [0.15, 0.2) is 0 Å². The summed E-state index contributed by atoms with van der Waals surface area (Å²) in [7, 11) is 0. The van der Waals surface area contributed by atoms with Gasteiger partial charge in [0.2, 0.25) is 0 Å². The van der Waals surface area contributed by atoms with Crippen molar-refractivity contribution in [3.05, 3.63) is 70.8 Å². The van der Waals surface area contributed by atoms with E-state index in [1.807, 2.05) is 0 Å². The highest BCUT2D eigenvalue weighted by molar-refractivity contribution is 5.30. The first-order valence-electron chi connectivity index (χ1n) is 16.1. The second kappa shape index (κ2) is 16.2. The molecule has 3 N–H and O–H groups in total. The van der Waals surface area contributed by atoms with Crippen molar-refractivity contribution in [1.82, 2.24) is 15.1 Å². The van der Waals surface area contributed by atoms with Crippen LogP contribution in [0.3, 0.4) is 0 Å². The summed E-state index contributed by atoms with van der Waals surface area (Å²) < 4.78 is 0. The van der Waals surface area contributed by atoms with Crippen LogP contribution in [0.1, 0.15) is 102 Å². The van der Waals surface area contributed by atoms with E-state index in [0.717, 1.165) is 45.4 Å². The minimum atomic E-state index is 0.150. The van der Waals surface area contributed by atoms with Crippen molar-refractivity contribution in [2.75, 3.05) is 52.5 Å². The van der Waals surface area contributed by atoms with Crippen LogP contribution in [0.2, 0.25) is 0 Å². The summed E-state index contributed by atoms with van der Waals surface area (Å²) in [6, 6.07) is 19.4. The molecule has 230 valence electrons. The van der Waals surface area contributed by atoms with E-state index in [-0.39, 0.29) is 24.0 Å². The van der Waals surface area contributed by atoms with E-state index in [1.165, 1.54) is 41.5 Å². The maximum Gasteiger partial charge on any atom is 0.0558 e. The molecule has 0 bridgehead atoms. The maximum atomic E-state index is 9.39. The molecule has 0 saturated carbocycles. The van der Waals surface area contributed by atoms with Crippen LogP contribution in [-0.2, 0) is 17.3 Å². The van der Waals surface area contributed by atoms with Crippen molar-refractivity contribution in [2.24, 2.45) is 0 Å². The molecule has 0 aromatic heterocycles. The summed E-state index contributed by atoms with van der Waals surface area (Å²) in [6.07, 6.45) is 7.04. The highest BCUT2D eigenvalue weighted by atomic mass is 16.3. The molecule has 0 spiro atoms. The van der Waals surface area contributed by atoms with Crippen LogP contribution < -0.4 is 5.32 Å². The van der Waals surface area contributed by atoms with Gasteiger partial charge < -0.3 is 15.5 Å². The Labute approximate surface area is 251 Å². The van der Waals surface area contributed by atoms with Crippen LogP contribution in [-0.4, -0.2) is 78.5 Å². The minimum absolute atomic E-state index is 0.150. The first-order chi connectivity index (χ1) is 19.5. The molecule has 0 aliphatic carbocycles. The number of hydrogen-bond acceptors (Lipinski definition) is 5. The van der Waals surface area contributed by atoms with Gasteiger partial charge in [-0.05, 0) is 78.3 Å². The fraction of sp³-hybridized carbons (Fsp3) is 0.667. The smallest absolute Gasteiger partial charge is 0.0558 e. The molecular formula is C36H59N3O2. The quantitative estimate of drug-likeness (QED) is 0.245. The van der Waals surface area contributed by atoms with E-state index in [0.29, 0.717) is 25.2 Å². The molecule has 2 atom stereocenters. The molecule has 0 amide bonds. The van der Waals surface area contributed by atoms with E-state index in [4.69, 9.17) is 0 Å². The van der Waals surface area contributed by atoms with Gasteiger partial charge in [-0.15, -0.1) is 0 Å². The van der Waals surface area contributed by atoms with Crippen LogP contribution >= 0.6 is 0 Å². The van der Waals surface area contributed by atoms with Gasteiger partial charge in [-0.2, -0.15) is 0 Å². The fourth-order valence-corrected chi connectivity index (χ4v) is 6.10. The fourth-order valence-electron chi connectivity index (χ4n) is 6.10. The van der Waals surface area contributed by atoms with E-state index in [2.05, 4.69) is 105 Å². The van der Waals surface area contributed by atoms with Crippen LogP contribution in [0.5, 0.6) is 0 Å². The number of piperidine rings is 1. The zero-order valence-corrected chi connectivity index (χ0v) is 27.0. The van der Waals surface area contributed by atoms with Crippen LogP contribution in [0.4, 0.5) is 0 Å². The number of aryl methyl sites for hydroxylation is 1. The zero-order chi connectivity index (χ0) is 29.9. The standard InChI is InChI=1S/C36H59N3O2/c1-35(2,3)31-15-10-29(11-16-31)12-19-34(30-13-17-32(18-14-30)36(4,5)6)37-21-24-39-22-8-7-9-33(39)20-23-38(25-27-40)26-28-41/h10-11,13-18,33-34,37,40-41H,7-9,12,19-28H2,1-6H3. The van der Waals surface area contributed by atoms with Gasteiger partial charge in [0, 0.05) is 38.3 Å². The topological polar surface area (TPSA) is 59.0 Å². The molecule has 1 heterocycles. The number of nitrogens with zero attached hydrogens (tertiary/aromatic N) is 2. The van der Waals surface area contributed by atoms with Gasteiger partial charge in [-0.1, -0.05) is 96.5 Å². The van der Waals surface area contributed by atoms with Gasteiger partial charge >= 0.3 is 0 Å². The predicted molar refractivity (Wildman–Crippen MR) is 174 cm³/mol. The van der Waals surface area contributed by atoms with Crippen molar-refractivity contribution in [1.29, 1.82) is 0 Å². The molecule has 5 heteroatoms. The van der Waals surface area contributed by atoms with Crippen molar-refractivity contribution in [3.8, 4) is 0 Å². The molecule has 1 saturated heterocycles. The Balaban J connectivity index is 1.63. The third kappa shape index (κ3) is 11.1. The average Bonchev–Trinajstić information content (AvgIpc) is 2.94. The predicted octanol–water partition coefficient (Wildman–Crippen LogP) is 6.08. The third-order valence-corrected chi connectivity index (χ3v) is 8.87. The molecule has 41 heavy (non-hydrogen) atoms. The Kier molecular flexibility index (Phi) is 13.3. The first-order valence-corrected chi connectivity index (χ1v) is 16.1. The molecule has 2 unspecified atom stereocenters. The molecule has 3 rings (SSSR count). The number of aliphatic hydroxyl groups is 2. The summed E-state index contributed by atoms with van der Waals surface area (Å²) in [4.78, 5) is 4.87. The molecule has 2 aromatic carbocycles. The number of nitrogens with one attached hydrogen (secondary N) is 1. The maximum absolute atomic E-state index is 9.39. The summed E-state index contributed by atoms with van der Waals surface area (Å²) in [6.45, 7) is 19.4. The second-order valence-corrected chi connectivity index (χ2v) is 14.1. The number of benzene rings is 2. The van der Waals surface area contributed by atoms with Crippen molar-refractivity contribution in [2.45, 2.75) is 103 Å². The molecule has 2 aromatic rings. The van der Waals surface area contributed by atoms with E-state index >= 15 is 0 Å². The number of hydrogen-bond donors (Lipinski definition) is 3. The lowest BCUT2D eigenvalue weighted by molar-refractivity contribution is 0.110. The zero-order valence-electron chi connectivity index (χ0n) is 27.0. The van der Waals surface area contributed by atoms with E-state index < -0.39 is 0 Å². The first kappa shape index (κ1) is 33.7. The van der Waals surface area contributed by atoms with E-state index in [9.17, 15) is 10.2 Å². The molecule has 1 aliphatic rings. The molecule has 1 fully saturated rings. The lowest BCUT2D eigenvalue weighted by Crippen LogP contribution is -2.45. The second-order valence-electron chi connectivity index (χ2n) is 14.1. The number of likely N-dealkylation sites (tertiary alicyclic amines) is 1. The Bertz CT molecular complexity index is 985. The number of aliphatic hydroxyl groups excluding tert-OH is 2. The summed E-state index contributed by atoms with van der Waals surface area (Å²) in [5, 5.41) is 22.7. The minimum Gasteiger partial charge on any atom is -0.395 e. The molecule has 5 nitrogen and oxygen atoms in total. The van der Waals surface area contributed by atoms with Gasteiger partial charge in [0.05, 0.1) is 13.2 Å². The molecular weight excluding hydrogens is 506 g/mol. The largest absolute Gasteiger partial charge is 0.395 e. The Hall–Kier alpha value is -1.76. The van der Waals surface area contributed by atoms with E-state index in [1.54, 1.807) is 0 Å². The van der Waals surface area contributed by atoms with Crippen molar-refractivity contribution in [3.63, 3.8) is 0 Å². The SMILES string of the molecule is CC(C)(C)c1ccc(CCC(NCCN2CCCCC2CCN(CCO)CCO)c2ccc(C(C)(C)C)cc2)cc1. The van der Waals surface area contributed by atoms with Gasteiger partial charge in [0.1, 0.15) is 0 Å². The van der Waals surface area contributed by atoms with Crippen LogP contribution in [0.15, 0.2) is 48.5 Å². The Morgan fingerprint density at radius 3 is 1.98 bits per heavy atom. The summed E-state index contributed by atoms with van der Waals surface area (Å²) in [5.41, 5.74) is 5.89. The average molecular weight is 566 g/mol. The summed E-state index contributed by atoms with van der Waals surface area (Å²) >= 11 is 0. The van der Waals surface area contributed by atoms with Gasteiger partial charge in [0.25, 0.3) is 0 Å². The highest BCUT2D eigenvalue weighted by Crippen LogP contribution is 2.27. The van der Waals surface area contributed by atoms with Gasteiger partial charge in [-0.3, -0.25) is 9.80 Å². The van der Waals surface area contributed by atoms with Crippen LogP contribution in [0, 0.1) is 0 Å². The highest BCUT2D eigenvalue weighted by Gasteiger charge is 2.23. The summed E-state index contributed by atoms with van der Waals surface area (Å²) in [5.74, 6) is 0. The molecule has 0 radical (unpaired) electrons. The van der Waals surface area contributed by atoms with Crippen molar-refractivity contribution >= 4 is 0 Å². The Morgan fingerprint density at radius 1 is 0.829 bits per heavy atom. The molecule has 1 aliphatic heterocycles. The third-order valence-electron chi connectivity index (χ3n) is 8.87. The van der Waals surface area contributed by atoms with Gasteiger partial charge in [-0.25, -0.2) is 0 Å². The Morgan fingerprint density at radius 2 is 1.41 bits per heavy atom.